The lowest BCUT2D eigenvalue weighted by Gasteiger charge is -2.41. The molecule has 0 heterocycles. The first-order chi connectivity index (χ1) is 55.8. The highest BCUT2D eigenvalue weighted by Gasteiger charge is 2.67. The lowest BCUT2D eigenvalue weighted by molar-refractivity contribution is 0.0918. The third kappa shape index (κ3) is 14.8. The van der Waals surface area contributed by atoms with Crippen molar-refractivity contribution in [2.45, 2.75) is 368 Å². The predicted octanol–water partition coefficient (Wildman–Crippen LogP) is 31.5. The van der Waals surface area contributed by atoms with Crippen LogP contribution in [-0.2, 0) is 0 Å². The van der Waals surface area contributed by atoms with Crippen LogP contribution in [0.15, 0.2) is 72.9 Å². The molecule has 24 bridgehead atoms. The monoisotopic (exact) mass is 1530 g/mol. The molecule has 20 saturated carbocycles. The van der Waals surface area contributed by atoms with Gasteiger partial charge in [0.05, 0.1) is 0 Å². The largest absolute Gasteiger partial charge is 0.0848 e. The van der Waals surface area contributed by atoms with Gasteiger partial charge in [-0.2, -0.15) is 0 Å². The van der Waals surface area contributed by atoms with Crippen molar-refractivity contribution in [3.05, 3.63) is 72.9 Å². The van der Waals surface area contributed by atoms with Gasteiger partial charge in [-0.15, -0.1) is 0 Å². The zero-order valence-electron chi connectivity index (χ0n) is 73.8. The van der Waals surface area contributed by atoms with E-state index < -0.39 is 0 Å². The summed E-state index contributed by atoms with van der Waals surface area (Å²) in [7, 11) is 0. The van der Waals surface area contributed by atoms with E-state index in [0.717, 1.165) is 260 Å². The van der Waals surface area contributed by atoms with Crippen LogP contribution >= 0.6 is 0 Å². The van der Waals surface area contributed by atoms with Crippen molar-refractivity contribution < 1.29 is 0 Å². The molecule has 26 rings (SSSR count). The van der Waals surface area contributed by atoms with Crippen LogP contribution in [0.4, 0.5) is 0 Å². The highest BCUT2D eigenvalue weighted by Crippen LogP contribution is 2.74. The molecule has 20 fully saturated rings. The maximum Gasteiger partial charge on any atom is -0.0194 e. The molecule has 626 valence electrons. The molecule has 0 nitrogen and oxygen atoms in total. The summed E-state index contributed by atoms with van der Waals surface area (Å²) in [5.74, 6) is 48.5. The van der Waals surface area contributed by atoms with Gasteiger partial charge in [-0.05, 0) is 382 Å². The predicted molar refractivity (Wildman–Crippen MR) is 476 cm³/mol. The van der Waals surface area contributed by atoms with Gasteiger partial charge in [0.15, 0.2) is 0 Å². The summed E-state index contributed by atoms with van der Waals surface area (Å²) in [6, 6.07) is 0. The van der Waals surface area contributed by atoms with Crippen LogP contribution in [0.3, 0.4) is 0 Å². The van der Waals surface area contributed by atoms with Gasteiger partial charge in [0.2, 0.25) is 0 Å². The molecule has 113 heavy (non-hydrogen) atoms. The van der Waals surface area contributed by atoms with Gasteiger partial charge in [-0.3, -0.25) is 0 Å². The van der Waals surface area contributed by atoms with Crippen LogP contribution in [0.2, 0.25) is 0 Å². The van der Waals surface area contributed by atoms with Crippen molar-refractivity contribution in [3.63, 3.8) is 0 Å². The van der Waals surface area contributed by atoms with E-state index >= 15 is 0 Å². The summed E-state index contributed by atoms with van der Waals surface area (Å²) in [6.45, 7) is 9.29. The van der Waals surface area contributed by atoms with E-state index in [2.05, 4.69) is 101 Å². The Hall–Kier alpha value is -1.56. The molecule has 0 heteroatoms. The average molecular weight is 1530 g/mol. The molecule has 0 aromatic heterocycles. The summed E-state index contributed by atoms with van der Waals surface area (Å²) < 4.78 is 0. The van der Waals surface area contributed by atoms with E-state index in [1.165, 1.54) is 180 Å². The third-order valence-electron chi connectivity index (χ3n) is 43.7. The van der Waals surface area contributed by atoms with Crippen LogP contribution in [0.1, 0.15) is 368 Å². The number of fused-ring (bicyclic) bond motifs is 54. The van der Waals surface area contributed by atoms with Gasteiger partial charge in [0.1, 0.15) is 0 Å². The maximum absolute atomic E-state index is 2.60. The van der Waals surface area contributed by atoms with Crippen LogP contribution in [-0.4, -0.2) is 0 Å². The highest BCUT2D eigenvalue weighted by molar-refractivity contribution is 5.27. The van der Waals surface area contributed by atoms with Crippen LogP contribution in [0.5, 0.6) is 0 Å². The van der Waals surface area contributed by atoms with Gasteiger partial charge in [-0.1, -0.05) is 319 Å². The molecular formula is C113H174. The molecule has 0 amide bonds. The number of hydrogen-bond acceptors (Lipinski definition) is 0. The second-order valence-electron chi connectivity index (χ2n) is 48.4. The molecule has 0 aliphatic heterocycles. The Bertz CT molecular complexity index is 3300. The Balaban J connectivity index is 0.0000000856. The Kier molecular flexibility index (Phi) is 24.1. The summed E-state index contributed by atoms with van der Waals surface area (Å²) in [5.41, 5.74) is 0. The number of hydrogen-bond donors (Lipinski definition) is 0. The third-order valence-corrected chi connectivity index (χ3v) is 43.7. The Labute approximate surface area is 696 Å². The van der Waals surface area contributed by atoms with Gasteiger partial charge in [0, 0.05) is 0 Å². The van der Waals surface area contributed by atoms with Crippen molar-refractivity contribution in [1.29, 1.82) is 0 Å². The minimum absolute atomic E-state index is 1.01. The van der Waals surface area contributed by atoms with Gasteiger partial charge < -0.3 is 0 Å². The van der Waals surface area contributed by atoms with E-state index in [0.29, 0.717) is 0 Å². The highest BCUT2D eigenvalue weighted by atomic mass is 14.7. The second kappa shape index (κ2) is 34.6. The smallest absolute Gasteiger partial charge is 0.0194 e. The number of unbranched alkanes of at least 4 members (excludes halogenated alkanes) is 16. The first-order valence-electron chi connectivity index (χ1n) is 53.9. The standard InChI is InChI=1S/C22H36.C20H32.C19H28.C18H26.C18H28.C16H24/c1-2-3-4-5-6-7-8-9-10-16-13-19-15-20(16)22-18-12-11-17(14-18)21(19)22;1-2-3-4-5-6-7-8-14-11-17-13-18(14)20-16-10-9-15(12-16)19(17)20;1-2-4-12(5-3-1)8-15-10-16-11-17(15)19-14-7-6-13(9-14)18(16)19;1-2-4-11(5-3-1)15-9-14-10-16(15)18-13-7-6-12(8-13)17(14)18;1-2-3-4-5-6-12-9-15-11-16(12)18-14-8-7-13(10-14)17(15)18;1-2-3-4-10-7-13-9-14(10)16-12-6-5-11(8-12)15(13)16/h11-12,16-22H,2-10,13-15H2,1H3;9-10,14-20H,2-8,11-13H2,1H3;6-7,12-19H,1-5,8-11H2;6-7,11-18H,1-5,8-10H2;7-8,12-18H,2-6,9-11H2,1H3;5-6,10-16H,2-4,7-9H2,1H3. The molecular weight excluding hydrogens is 1360 g/mol. The topological polar surface area (TPSA) is 0 Å². The fourth-order valence-electron chi connectivity index (χ4n) is 40.4. The Morgan fingerprint density at radius 3 is 0.735 bits per heavy atom. The number of allylic oxidation sites excluding steroid dienone is 12. The summed E-state index contributed by atoms with van der Waals surface area (Å²) in [6.07, 6.45) is 112. The quantitative estimate of drug-likeness (QED) is 0.0437. The zero-order valence-corrected chi connectivity index (χ0v) is 73.8. The van der Waals surface area contributed by atoms with Crippen molar-refractivity contribution in [3.8, 4) is 0 Å². The van der Waals surface area contributed by atoms with Crippen molar-refractivity contribution in [2.24, 2.45) is 260 Å². The SMILES string of the molecule is C1=CC2CC1C1C3CC(C4CCCCC4)C(C3)C21.C1=CC2CC1C1C3CC(CC4CCCCC4)C(C3)C21.CCCCC1CC2CC1C1C3C=CC(C3)C21.CCCCCCC1CC2CC1C1C3C=CC(C3)C21.CCCCCCCCC1CC2CC1C1C3C=CC(C3)C21.CCCCCCCCCCC1CC2CC1C1C3C=CC(C3)C21. The van der Waals surface area contributed by atoms with Crippen molar-refractivity contribution in [1.82, 2.24) is 0 Å². The average Bonchev–Trinajstić information content (AvgIpc) is 1.57. The van der Waals surface area contributed by atoms with Gasteiger partial charge in [0.25, 0.3) is 0 Å². The number of rotatable bonds is 27. The lowest BCUT2D eigenvalue weighted by atomic mass is 9.64. The van der Waals surface area contributed by atoms with Crippen LogP contribution in [0, 0.1) is 260 Å². The normalized spacial score (nSPS) is 51.5. The Morgan fingerprint density at radius 2 is 0.407 bits per heavy atom. The molecule has 0 spiro atoms. The molecule has 0 N–H and O–H groups in total. The van der Waals surface area contributed by atoms with E-state index in [1.54, 1.807) is 161 Å². The fraction of sp³-hybridized carbons (Fsp3) is 0.894. The minimum Gasteiger partial charge on any atom is -0.0848 e. The summed E-state index contributed by atoms with van der Waals surface area (Å²) in [5, 5.41) is 0. The molecule has 42 atom stereocenters. The maximum atomic E-state index is 2.60. The van der Waals surface area contributed by atoms with E-state index in [9.17, 15) is 0 Å². The molecule has 0 aromatic rings. The fourth-order valence-corrected chi connectivity index (χ4v) is 40.4. The molecule has 0 saturated heterocycles. The molecule has 26 aliphatic carbocycles. The molecule has 0 radical (unpaired) electrons. The first-order valence-corrected chi connectivity index (χ1v) is 53.9. The summed E-state index contributed by atoms with van der Waals surface area (Å²) >= 11 is 0. The lowest BCUT2D eigenvalue weighted by Crippen LogP contribution is -2.34. The molecule has 42 unspecified atom stereocenters. The van der Waals surface area contributed by atoms with Crippen molar-refractivity contribution in [2.75, 3.05) is 0 Å². The minimum atomic E-state index is 1.01. The molecule has 26 aliphatic rings. The van der Waals surface area contributed by atoms with Crippen molar-refractivity contribution >= 4 is 0 Å². The zero-order chi connectivity index (χ0) is 75.4. The molecule has 0 aromatic carbocycles. The second-order valence-corrected chi connectivity index (χ2v) is 48.4. The van der Waals surface area contributed by atoms with Crippen LogP contribution < -0.4 is 0 Å². The summed E-state index contributed by atoms with van der Waals surface area (Å²) in [4.78, 5) is 0. The van der Waals surface area contributed by atoms with E-state index in [1.807, 2.05) is 0 Å². The Morgan fingerprint density at radius 1 is 0.177 bits per heavy atom. The van der Waals surface area contributed by atoms with Gasteiger partial charge in [-0.25, -0.2) is 0 Å². The first kappa shape index (κ1) is 78.7. The van der Waals surface area contributed by atoms with E-state index in [4.69, 9.17) is 0 Å². The van der Waals surface area contributed by atoms with Gasteiger partial charge >= 0.3 is 0 Å². The van der Waals surface area contributed by atoms with Crippen LogP contribution in [0.25, 0.3) is 0 Å². The van der Waals surface area contributed by atoms with E-state index in [-0.39, 0.29) is 0 Å².